The van der Waals surface area contributed by atoms with E-state index in [1.54, 1.807) is 11.3 Å². The lowest BCUT2D eigenvalue weighted by Crippen LogP contribution is -2.25. The maximum absolute atomic E-state index is 4.60. The molecule has 110 valence electrons. The number of nitrogens with zero attached hydrogens (tertiary/aromatic N) is 2. The lowest BCUT2D eigenvalue weighted by atomic mass is 10.2. The van der Waals surface area contributed by atoms with E-state index in [-0.39, 0.29) is 6.04 Å². The van der Waals surface area contributed by atoms with E-state index in [2.05, 4.69) is 63.8 Å². The first-order valence-electron chi connectivity index (χ1n) is 7.17. The first kappa shape index (κ1) is 15.7. The van der Waals surface area contributed by atoms with Gasteiger partial charge in [0.15, 0.2) is 0 Å². The van der Waals surface area contributed by atoms with Crippen LogP contribution in [0, 0.1) is 6.92 Å². The fraction of sp³-hybridized carbons (Fsp3) is 0.533. The molecule has 2 heterocycles. The number of hydrogen-bond donors (Lipinski definition) is 1. The molecule has 1 N–H and O–H groups in total. The van der Waals surface area contributed by atoms with Crippen LogP contribution in [0.4, 0.5) is 0 Å². The van der Waals surface area contributed by atoms with Crippen molar-refractivity contribution >= 4 is 27.3 Å². The molecule has 0 aliphatic rings. The third-order valence-corrected chi connectivity index (χ3v) is 5.43. The average molecular weight is 356 g/mol. The van der Waals surface area contributed by atoms with Crippen LogP contribution in [0.1, 0.15) is 49.0 Å². The van der Waals surface area contributed by atoms with Gasteiger partial charge in [0.1, 0.15) is 11.9 Å². The van der Waals surface area contributed by atoms with Crippen molar-refractivity contribution in [2.75, 3.05) is 6.54 Å². The van der Waals surface area contributed by atoms with E-state index in [1.165, 1.54) is 14.2 Å². The van der Waals surface area contributed by atoms with E-state index in [0.717, 1.165) is 31.8 Å². The molecule has 0 fully saturated rings. The van der Waals surface area contributed by atoms with E-state index in [4.69, 9.17) is 0 Å². The lowest BCUT2D eigenvalue weighted by Gasteiger charge is -2.18. The smallest absolute Gasteiger partial charge is 0.131 e. The Morgan fingerprint density at radius 2 is 2.20 bits per heavy atom. The van der Waals surface area contributed by atoms with Gasteiger partial charge in [0.05, 0.1) is 3.79 Å². The molecule has 0 aliphatic heterocycles. The number of imidazole rings is 1. The molecule has 2 rings (SSSR count). The van der Waals surface area contributed by atoms with Gasteiger partial charge in [-0.3, -0.25) is 0 Å². The summed E-state index contributed by atoms with van der Waals surface area (Å²) in [4.78, 5) is 5.92. The zero-order valence-electron chi connectivity index (χ0n) is 12.3. The molecule has 2 aromatic rings. The number of hydrogen-bond acceptors (Lipinski definition) is 3. The highest BCUT2D eigenvalue weighted by Gasteiger charge is 2.21. The fourth-order valence-corrected chi connectivity index (χ4v) is 3.89. The van der Waals surface area contributed by atoms with Crippen molar-refractivity contribution in [2.24, 2.45) is 0 Å². The van der Waals surface area contributed by atoms with Crippen LogP contribution in [-0.2, 0) is 6.54 Å². The van der Waals surface area contributed by atoms with Crippen LogP contribution in [0.2, 0.25) is 0 Å². The molecule has 0 amide bonds. The summed E-state index contributed by atoms with van der Waals surface area (Å²) in [5.74, 6) is 1.12. The summed E-state index contributed by atoms with van der Waals surface area (Å²) in [6.07, 6.45) is 6.23. The Bertz CT molecular complexity index is 528. The first-order valence-corrected chi connectivity index (χ1v) is 8.78. The summed E-state index contributed by atoms with van der Waals surface area (Å²) >= 11 is 5.43. The van der Waals surface area contributed by atoms with Gasteiger partial charge in [-0.05, 0) is 53.9 Å². The van der Waals surface area contributed by atoms with Crippen LogP contribution in [0.5, 0.6) is 0 Å². The molecule has 0 bridgehead atoms. The quantitative estimate of drug-likeness (QED) is 0.791. The van der Waals surface area contributed by atoms with Gasteiger partial charge < -0.3 is 9.88 Å². The highest BCUT2D eigenvalue weighted by Crippen LogP contribution is 2.34. The SMILES string of the molecule is CCCNC(c1cc(C)c(Br)s1)c1nccn1CCC. The molecule has 0 saturated carbocycles. The standard InChI is InChI=1S/C15H22BrN3S/c1-4-6-17-13(12-10-11(3)14(16)20-12)15-18-7-9-19(15)8-5-2/h7,9-10,13,17H,4-6,8H2,1-3H3. The van der Waals surface area contributed by atoms with Crippen molar-refractivity contribution in [1.29, 1.82) is 0 Å². The molecule has 2 aromatic heterocycles. The second kappa shape index (κ2) is 7.38. The molecular formula is C15H22BrN3S. The molecular weight excluding hydrogens is 334 g/mol. The Morgan fingerprint density at radius 1 is 1.40 bits per heavy atom. The van der Waals surface area contributed by atoms with E-state index in [1.807, 2.05) is 6.20 Å². The number of aromatic nitrogens is 2. The van der Waals surface area contributed by atoms with Gasteiger partial charge >= 0.3 is 0 Å². The normalized spacial score (nSPS) is 12.8. The zero-order valence-corrected chi connectivity index (χ0v) is 14.7. The number of nitrogens with one attached hydrogen (secondary N) is 1. The highest BCUT2D eigenvalue weighted by atomic mass is 79.9. The van der Waals surface area contributed by atoms with Gasteiger partial charge in [0.25, 0.3) is 0 Å². The molecule has 0 aromatic carbocycles. The second-order valence-corrected chi connectivity index (χ2v) is 7.37. The predicted molar refractivity (Wildman–Crippen MR) is 89.4 cm³/mol. The van der Waals surface area contributed by atoms with Crippen LogP contribution in [0.3, 0.4) is 0 Å². The maximum Gasteiger partial charge on any atom is 0.131 e. The summed E-state index contributed by atoms with van der Waals surface area (Å²) < 4.78 is 3.47. The summed E-state index contributed by atoms with van der Waals surface area (Å²) in [6, 6.07) is 2.44. The largest absolute Gasteiger partial charge is 0.333 e. The van der Waals surface area contributed by atoms with Crippen LogP contribution in [-0.4, -0.2) is 16.1 Å². The van der Waals surface area contributed by atoms with Crippen LogP contribution >= 0.6 is 27.3 Å². The third kappa shape index (κ3) is 3.51. The molecule has 0 spiro atoms. The molecule has 1 atom stereocenters. The molecule has 5 heteroatoms. The van der Waals surface area contributed by atoms with Crippen molar-refractivity contribution in [3.8, 4) is 0 Å². The van der Waals surface area contributed by atoms with Crippen molar-refractivity contribution in [2.45, 2.75) is 46.2 Å². The van der Waals surface area contributed by atoms with Gasteiger partial charge in [0, 0.05) is 23.8 Å². The summed E-state index contributed by atoms with van der Waals surface area (Å²) in [5.41, 5.74) is 1.29. The van der Waals surface area contributed by atoms with Crippen molar-refractivity contribution in [1.82, 2.24) is 14.9 Å². The van der Waals surface area contributed by atoms with Crippen LogP contribution in [0.25, 0.3) is 0 Å². The maximum atomic E-state index is 4.60. The fourth-order valence-electron chi connectivity index (χ4n) is 2.24. The van der Waals surface area contributed by atoms with Crippen molar-refractivity contribution in [3.63, 3.8) is 0 Å². The van der Waals surface area contributed by atoms with Gasteiger partial charge in [-0.25, -0.2) is 4.98 Å². The minimum Gasteiger partial charge on any atom is -0.333 e. The second-order valence-electron chi connectivity index (χ2n) is 4.97. The Kier molecular flexibility index (Phi) is 5.81. The molecule has 3 nitrogen and oxygen atoms in total. The minimum absolute atomic E-state index is 0.187. The predicted octanol–water partition coefficient (Wildman–Crippen LogP) is 4.51. The van der Waals surface area contributed by atoms with E-state index >= 15 is 0 Å². The Hall–Kier alpha value is -0.650. The number of thiophene rings is 1. The summed E-state index contributed by atoms with van der Waals surface area (Å²) in [5, 5.41) is 3.63. The molecule has 1 unspecified atom stereocenters. The summed E-state index contributed by atoms with van der Waals surface area (Å²) in [6.45, 7) is 8.55. The molecule has 0 radical (unpaired) electrons. The van der Waals surface area contributed by atoms with Gasteiger partial charge in [-0.2, -0.15) is 0 Å². The molecule has 0 aliphatic carbocycles. The lowest BCUT2D eigenvalue weighted by molar-refractivity contribution is 0.535. The van der Waals surface area contributed by atoms with Crippen LogP contribution in [0.15, 0.2) is 22.2 Å². The monoisotopic (exact) mass is 355 g/mol. The first-order chi connectivity index (χ1) is 9.67. The van der Waals surface area contributed by atoms with E-state index in [0.29, 0.717) is 0 Å². The Balaban J connectivity index is 2.33. The van der Waals surface area contributed by atoms with E-state index < -0.39 is 0 Å². The summed E-state index contributed by atoms with van der Waals surface area (Å²) in [7, 11) is 0. The third-order valence-electron chi connectivity index (χ3n) is 3.23. The molecule has 0 saturated heterocycles. The van der Waals surface area contributed by atoms with E-state index in [9.17, 15) is 0 Å². The highest BCUT2D eigenvalue weighted by molar-refractivity contribution is 9.11. The Morgan fingerprint density at radius 3 is 2.80 bits per heavy atom. The topological polar surface area (TPSA) is 29.9 Å². The average Bonchev–Trinajstić information content (AvgIpc) is 3.00. The number of aryl methyl sites for hydroxylation is 2. The van der Waals surface area contributed by atoms with Crippen molar-refractivity contribution in [3.05, 3.63) is 38.5 Å². The van der Waals surface area contributed by atoms with Gasteiger partial charge in [0.2, 0.25) is 0 Å². The molecule has 20 heavy (non-hydrogen) atoms. The number of halogens is 1. The van der Waals surface area contributed by atoms with Crippen LogP contribution < -0.4 is 5.32 Å². The van der Waals surface area contributed by atoms with Crippen molar-refractivity contribution < 1.29 is 0 Å². The minimum atomic E-state index is 0.187. The zero-order chi connectivity index (χ0) is 14.5. The number of rotatable bonds is 7. The van der Waals surface area contributed by atoms with Gasteiger partial charge in [-0.1, -0.05) is 13.8 Å². The van der Waals surface area contributed by atoms with Gasteiger partial charge in [-0.15, -0.1) is 11.3 Å². The Labute approximate surface area is 133 Å².